The van der Waals surface area contributed by atoms with Crippen LogP contribution >= 0.6 is 0 Å². The first-order valence-electron chi connectivity index (χ1n) is 7.76. The van der Waals surface area contributed by atoms with Gasteiger partial charge < -0.3 is 5.11 Å². The summed E-state index contributed by atoms with van der Waals surface area (Å²) in [6, 6.07) is 10.5. The van der Waals surface area contributed by atoms with Crippen LogP contribution in [-0.2, 0) is 4.79 Å². The molecular weight excluding hydrogens is 262 g/mol. The quantitative estimate of drug-likeness (QED) is 0.905. The molecule has 3 nitrogen and oxygen atoms in total. The molecule has 1 aromatic carbocycles. The number of hydrogen-bond acceptors (Lipinski definition) is 2. The molecule has 2 fully saturated rings. The van der Waals surface area contributed by atoms with Crippen molar-refractivity contribution in [2.45, 2.75) is 38.0 Å². The third kappa shape index (κ3) is 2.03. The molecule has 2 aliphatic carbocycles. The van der Waals surface area contributed by atoms with Crippen LogP contribution in [0.3, 0.4) is 0 Å². The third-order valence-corrected chi connectivity index (χ3v) is 5.59. The maximum absolute atomic E-state index is 11.2. The van der Waals surface area contributed by atoms with Crippen molar-refractivity contribution in [3.8, 4) is 0 Å². The number of hydrogen-bond donors (Lipinski definition) is 1. The van der Waals surface area contributed by atoms with Gasteiger partial charge in [0.1, 0.15) is 0 Å². The summed E-state index contributed by atoms with van der Waals surface area (Å²) in [5.41, 5.74) is 2.58. The number of pyridine rings is 1. The highest BCUT2D eigenvalue weighted by atomic mass is 16.4. The molecule has 2 aliphatic rings. The van der Waals surface area contributed by atoms with Gasteiger partial charge in [0.2, 0.25) is 0 Å². The Morgan fingerprint density at radius 2 is 1.95 bits per heavy atom. The molecular formula is C18H19NO2. The second-order valence-electron chi connectivity index (χ2n) is 6.65. The Labute approximate surface area is 124 Å². The molecule has 21 heavy (non-hydrogen) atoms. The Balaban J connectivity index is 1.57. The molecule has 1 unspecified atom stereocenters. The lowest BCUT2D eigenvalue weighted by molar-refractivity contribution is -0.139. The number of nitrogens with zero attached hydrogens (tertiary/aromatic N) is 1. The average molecular weight is 281 g/mol. The van der Waals surface area contributed by atoms with E-state index in [0.29, 0.717) is 5.92 Å². The first-order chi connectivity index (χ1) is 10.2. The molecule has 0 saturated heterocycles. The van der Waals surface area contributed by atoms with Crippen LogP contribution < -0.4 is 0 Å². The molecule has 0 amide bonds. The fourth-order valence-corrected chi connectivity index (χ4v) is 4.23. The molecule has 2 aromatic rings. The second-order valence-corrected chi connectivity index (χ2v) is 6.65. The number of fused-ring (bicyclic) bond motifs is 1. The lowest BCUT2D eigenvalue weighted by Crippen LogP contribution is -2.18. The molecule has 4 rings (SSSR count). The van der Waals surface area contributed by atoms with Crippen LogP contribution in [0.2, 0.25) is 0 Å². The van der Waals surface area contributed by atoms with E-state index in [9.17, 15) is 9.90 Å². The fourth-order valence-electron chi connectivity index (χ4n) is 4.23. The van der Waals surface area contributed by atoms with Crippen molar-refractivity contribution >= 4 is 16.9 Å². The van der Waals surface area contributed by atoms with Gasteiger partial charge in [0.15, 0.2) is 0 Å². The highest BCUT2D eigenvalue weighted by molar-refractivity contribution is 5.82. The van der Waals surface area contributed by atoms with E-state index in [4.69, 9.17) is 0 Å². The summed E-state index contributed by atoms with van der Waals surface area (Å²) < 4.78 is 0. The number of carboxylic acid groups (broad SMARTS) is 1. The van der Waals surface area contributed by atoms with Gasteiger partial charge in [-0.15, -0.1) is 0 Å². The number of rotatable bonds is 2. The molecule has 1 heterocycles. The van der Waals surface area contributed by atoms with E-state index in [1.54, 1.807) is 0 Å². The summed E-state index contributed by atoms with van der Waals surface area (Å²) in [5, 5.41) is 10.4. The molecule has 2 saturated carbocycles. The highest BCUT2D eigenvalue weighted by Gasteiger charge is 2.58. The van der Waals surface area contributed by atoms with Crippen LogP contribution in [0.5, 0.6) is 0 Å². The minimum atomic E-state index is -0.595. The highest BCUT2D eigenvalue weighted by Crippen LogP contribution is 2.63. The molecule has 0 aliphatic heterocycles. The van der Waals surface area contributed by atoms with Crippen molar-refractivity contribution in [3.05, 3.63) is 42.1 Å². The average Bonchev–Trinajstić information content (AvgIpc) is 3.22. The van der Waals surface area contributed by atoms with Crippen LogP contribution in [0, 0.1) is 11.3 Å². The summed E-state index contributed by atoms with van der Waals surface area (Å²) >= 11 is 0. The van der Waals surface area contributed by atoms with E-state index in [2.05, 4.69) is 29.2 Å². The number of carbonyl (C=O) groups is 1. The second kappa shape index (κ2) is 4.55. The van der Waals surface area contributed by atoms with Crippen molar-refractivity contribution in [2.24, 2.45) is 11.3 Å². The molecule has 1 aromatic heterocycles. The Morgan fingerprint density at radius 3 is 2.67 bits per heavy atom. The van der Waals surface area contributed by atoms with Gasteiger partial charge in [0.05, 0.1) is 11.4 Å². The molecule has 3 heteroatoms. The Bertz CT molecular complexity index is 696. The monoisotopic (exact) mass is 281 g/mol. The van der Waals surface area contributed by atoms with Crippen molar-refractivity contribution in [2.75, 3.05) is 0 Å². The van der Waals surface area contributed by atoms with Gasteiger partial charge in [-0.3, -0.25) is 9.78 Å². The maximum Gasteiger partial charge on any atom is 0.307 e. The molecule has 1 atom stereocenters. The molecule has 108 valence electrons. The summed E-state index contributed by atoms with van der Waals surface area (Å²) in [7, 11) is 0. The third-order valence-electron chi connectivity index (χ3n) is 5.59. The maximum atomic E-state index is 11.2. The van der Waals surface area contributed by atoms with E-state index in [0.717, 1.165) is 37.6 Å². The van der Waals surface area contributed by atoms with Gasteiger partial charge in [0, 0.05) is 11.6 Å². The van der Waals surface area contributed by atoms with Crippen molar-refractivity contribution < 1.29 is 9.90 Å². The topological polar surface area (TPSA) is 50.2 Å². The molecule has 0 bridgehead atoms. The first kappa shape index (κ1) is 12.8. The van der Waals surface area contributed by atoms with Crippen LogP contribution in [0.4, 0.5) is 0 Å². The molecule has 1 spiro atoms. The predicted molar refractivity (Wildman–Crippen MR) is 81.1 cm³/mol. The van der Waals surface area contributed by atoms with Gasteiger partial charge in [-0.1, -0.05) is 18.2 Å². The van der Waals surface area contributed by atoms with Crippen LogP contribution in [0.15, 0.2) is 36.5 Å². The zero-order valence-electron chi connectivity index (χ0n) is 12.0. The summed E-state index contributed by atoms with van der Waals surface area (Å²) in [6.45, 7) is 0. The SMILES string of the molecule is O=C(O)C1CC12CCC(c1ccnc3ccccc13)CC2. The van der Waals surface area contributed by atoms with E-state index in [1.807, 2.05) is 12.3 Å². The van der Waals surface area contributed by atoms with Gasteiger partial charge in [0.25, 0.3) is 0 Å². The van der Waals surface area contributed by atoms with Gasteiger partial charge >= 0.3 is 5.97 Å². The first-order valence-corrected chi connectivity index (χ1v) is 7.76. The zero-order chi connectivity index (χ0) is 14.4. The van der Waals surface area contributed by atoms with Crippen LogP contribution in [-0.4, -0.2) is 16.1 Å². The molecule has 1 N–H and O–H groups in total. The minimum absolute atomic E-state index is 0.0763. The van der Waals surface area contributed by atoms with Gasteiger partial charge in [-0.2, -0.15) is 0 Å². The summed E-state index contributed by atoms with van der Waals surface area (Å²) in [5.74, 6) is -0.117. The number of benzene rings is 1. The van der Waals surface area contributed by atoms with E-state index in [1.165, 1.54) is 10.9 Å². The fraction of sp³-hybridized carbons (Fsp3) is 0.444. The molecule has 0 radical (unpaired) electrons. The normalized spacial score (nSPS) is 31.4. The lowest BCUT2D eigenvalue weighted by atomic mass is 9.75. The van der Waals surface area contributed by atoms with Crippen molar-refractivity contribution in [1.29, 1.82) is 0 Å². The minimum Gasteiger partial charge on any atom is -0.481 e. The Kier molecular flexibility index (Phi) is 2.78. The van der Waals surface area contributed by atoms with Crippen LogP contribution in [0.25, 0.3) is 10.9 Å². The number of para-hydroxylation sites is 1. The Hall–Kier alpha value is -1.90. The van der Waals surface area contributed by atoms with Crippen molar-refractivity contribution in [3.63, 3.8) is 0 Å². The van der Waals surface area contributed by atoms with E-state index >= 15 is 0 Å². The van der Waals surface area contributed by atoms with Crippen molar-refractivity contribution in [1.82, 2.24) is 4.98 Å². The van der Waals surface area contributed by atoms with Crippen LogP contribution in [0.1, 0.15) is 43.6 Å². The number of carboxylic acids is 1. The largest absolute Gasteiger partial charge is 0.481 e. The van der Waals surface area contributed by atoms with Gasteiger partial charge in [-0.25, -0.2) is 0 Å². The van der Waals surface area contributed by atoms with E-state index in [-0.39, 0.29) is 11.3 Å². The Morgan fingerprint density at radius 1 is 1.19 bits per heavy atom. The standard InChI is InChI=1S/C18H19NO2/c20-17(21)15-11-18(15)8-5-12(6-9-18)13-7-10-19-16-4-2-1-3-14(13)16/h1-4,7,10,12,15H,5-6,8-9,11H2,(H,20,21). The smallest absolute Gasteiger partial charge is 0.307 e. The summed E-state index contributed by atoms with van der Waals surface area (Å²) in [6.07, 6.45) is 7.14. The number of aromatic nitrogens is 1. The number of aliphatic carboxylic acids is 1. The lowest BCUT2D eigenvalue weighted by Gasteiger charge is -2.30. The predicted octanol–water partition coefficient (Wildman–Crippen LogP) is 3.98. The van der Waals surface area contributed by atoms with Gasteiger partial charge in [-0.05, 0) is 61.1 Å². The zero-order valence-corrected chi connectivity index (χ0v) is 12.0. The van der Waals surface area contributed by atoms with E-state index < -0.39 is 5.97 Å². The summed E-state index contributed by atoms with van der Waals surface area (Å²) in [4.78, 5) is 15.6.